The van der Waals surface area contributed by atoms with E-state index in [1.165, 1.54) is 10.9 Å². The lowest BCUT2D eigenvalue weighted by Gasteiger charge is -2.13. The Morgan fingerprint density at radius 1 is 0.929 bits per heavy atom. The van der Waals surface area contributed by atoms with Gasteiger partial charge in [-0.2, -0.15) is 14.6 Å². The number of halogens is 2. The third-order valence-electron chi connectivity index (χ3n) is 4.51. The highest BCUT2D eigenvalue weighted by Gasteiger charge is 2.18. The number of hydrogen-bond acceptors (Lipinski definition) is 4. The topological polar surface area (TPSA) is 65.1 Å². The first-order valence-corrected chi connectivity index (χ1v) is 9.15. The summed E-state index contributed by atoms with van der Waals surface area (Å²) in [6.45, 7) is 0. The van der Waals surface area contributed by atoms with Gasteiger partial charge in [0.2, 0.25) is 0 Å². The van der Waals surface area contributed by atoms with Crippen LogP contribution in [0.3, 0.4) is 0 Å². The van der Waals surface area contributed by atoms with E-state index in [0.29, 0.717) is 38.1 Å². The summed E-state index contributed by atoms with van der Waals surface area (Å²) in [7, 11) is 0. The summed E-state index contributed by atoms with van der Waals surface area (Å²) in [5, 5.41) is 5.37. The van der Waals surface area contributed by atoms with Gasteiger partial charge in [-0.3, -0.25) is 9.36 Å². The second-order valence-corrected chi connectivity index (χ2v) is 6.91. The molecule has 0 amide bonds. The summed E-state index contributed by atoms with van der Waals surface area (Å²) < 4.78 is 3.04. The van der Waals surface area contributed by atoms with Crippen molar-refractivity contribution in [3.8, 4) is 16.9 Å². The van der Waals surface area contributed by atoms with Gasteiger partial charge in [-0.05, 0) is 18.2 Å². The summed E-state index contributed by atoms with van der Waals surface area (Å²) in [5.41, 5.74) is 2.20. The zero-order valence-electron chi connectivity index (χ0n) is 14.3. The van der Waals surface area contributed by atoms with Crippen LogP contribution in [0.4, 0.5) is 0 Å². The van der Waals surface area contributed by atoms with Gasteiger partial charge in [0.25, 0.3) is 11.3 Å². The average Bonchev–Trinajstić information content (AvgIpc) is 3.18. The Morgan fingerprint density at radius 3 is 2.57 bits per heavy atom. The van der Waals surface area contributed by atoms with Crippen LogP contribution in [0, 0.1) is 0 Å². The number of nitrogens with zero attached hydrogens (tertiary/aromatic N) is 5. The van der Waals surface area contributed by atoms with Gasteiger partial charge in [0, 0.05) is 11.8 Å². The van der Waals surface area contributed by atoms with E-state index in [4.69, 9.17) is 23.2 Å². The molecule has 0 aliphatic carbocycles. The normalized spacial score (nSPS) is 11.4. The molecule has 0 fully saturated rings. The highest BCUT2D eigenvalue weighted by atomic mass is 35.5. The van der Waals surface area contributed by atoms with E-state index in [0.717, 1.165) is 5.56 Å². The molecular weight excluding hydrogens is 397 g/mol. The van der Waals surface area contributed by atoms with Gasteiger partial charge in [-0.15, -0.1) is 0 Å². The van der Waals surface area contributed by atoms with Crippen LogP contribution in [-0.2, 0) is 0 Å². The van der Waals surface area contributed by atoms with Crippen LogP contribution in [0.2, 0.25) is 10.0 Å². The average molecular weight is 408 g/mol. The molecule has 5 aromatic rings. The Labute approximate surface area is 168 Å². The van der Waals surface area contributed by atoms with Gasteiger partial charge in [0.1, 0.15) is 6.33 Å². The molecule has 0 saturated heterocycles. The quantitative estimate of drug-likeness (QED) is 0.434. The summed E-state index contributed by atoms with van der Waals surface area (Å²) >= 11 is 12.5. The van der Waals surface area contributed by atoms with E-state index >= 15 is 0 Å². The molecule has 0 saturated carbocycles. The van der Waals surface area contributed by atoms with Gasteiger partial charge >= 0.3 is 0 Å². The molecule has 6 nitrogen and oxygen atoms in total. The fourth-order valence-corrected chi connectivity index (χ4v) is 3.64. The van der Waals surface area contributed by atoms with Crippen LogP contribution in [0.1, 0.15) is 0 Å². The summed E-state index contributed by atoms with van der Waals surface area (Å²) in [6, 6.07) is 16.5. The predicted molar refractivity (Wildman–Crippen MR) is 109 cm³/mol. The molecule has 3 aromatic heterocycles. The van der Waals surface area contributed by atoms with Crippen LogP contribution in [0.15, 0.2) is 71.9 Å². The van der Waals surface area contributed by atoms with E-state index in [-0.39, 0.29) is 5.56 Å². The molecule has 0 radical (unpaired) electrons. The second kappa shape index (κ2) is 6.44. The van der Waals surface area contributed by atoms with E-state index in [1.807, 2.05) is 30.3 Å². The zero-order valence-corrected chi connectivity index (χ0v) is 15.8. The van der Waals surface area contributed by atoms with Crippen molar-refractivity contribution < 1.29 is 0 Å². The van der Waals surface area contributed by atoms with E-state index in [9.17, 15) is 4.79 Å². The van der Waals surface area contributed by atoms with Gasteiger partial charge in [0.15, 0.2) is 0 Å². The Kier molecular flexibility index (Phi) is 3.89. The fourth-order valence-electron chi connectivity index (χ4n) is 3.26. The molecule has 5 rings (SSSR count). The number of hydrogen-bond donors (Lipinski definition) is 0. The van der Waals surface area contributed by atoms with Crippen molar-refractivity contribution in [2.45, 2.75) is 0 Å². The lowest BCUT2D eigenvalue weighted by Crippen LogP contribution is -2.20. The molecule has 2 aromatic carbocycles. The monoisotopic (exact) mass is 407 g/mol. The molecule has 0 aliphatic rings. The molecule has 0 spiro atoms. The third-order valence-corrected chi connectivity index (χ3v) is 5.32. The lowest BCUT2D eigenvalue weighted by molar-refractivity contribution is 0.948. The summed E-state index contributed by atoms with van der Waals surface area (Å²) in [4.78, 5) is 22.2. The van der Waals surface area contributed by atoms with Crippen molar-refractivity contribution in [2.75, 3.05) is 0 Å². The Morgan fingerprint density at radius 2 is 1.75 bits per heavy atom. The zero-order chi connectivity index (χ0) is 19.3. The maximum absolute atomic E-state index is 13.5. The van der Waals surface area contributed by atoms with Gasteiger partial charge in [-0.25, -0.2) is 4.98 Å². The van der Waals surface area contributed by atoms with Crippen molar-refractivity contribution in [3.05, 3.63) is 87.5 Å². The van der Waals surface area contributed by atoms with Crippen LogP contribution >= 0.6 is 23.2 Å². The molecular formula is C20H11Cl2N5O. The van der Waals surface area contributed by atoms with Crippen molar-refractivity contribution >= 4 is 39.9 Å². The summed E-state index contributed by atoms with van der Waals surface area (Å²) in [5.74, 6) is 0.421. The SMILES string of the molecule is O=c1c2c(-c3ccccc3)n3ncnc3nc2ccn1-c1cccc(Cl)c1Cl. The van der Waals surface area contributed by atoms with Crippen molar-refractivity contribution in [1.82, 2.24) is 24.1 Å². The number of rotatable bonds is 2. The molecule has 0 unspecified atom stereocenters. The van der Waals surface area contributed by atoms with Gasteiger partial charge < -0.3 is 0 Å². The minimum absolute atomic E-state index is 0.273. The number of pyridine rings is 1. The van der Waals surface area contributed by atoms with Gasteiger partial charge in [0.05, 0.1) is 32.3 Å². The van der Waals surface area contributed by atoms with Gasteiger partial charge in [-0.1, -0.05) is 59.6 Å². The minimum Gasteiger partial charge on any atom is -0.282 e. The fraction of sp³-hybridized carbons (Fsp3) is 0. The Hall–Kier alpha value is -3.22. The number of aromatic nitrogens is 5. The van der Waals surface area contributed by atoms with E-state index < -0.39 is 0 Å². The highest BCUT2D eigenvalue weighted by molar-refractivity contribution is 6.43. The van der Waals surface area contributed by atoms with E-state index in [2.05, 4.69) is 15.1 Å². The number of benzene rings is 2. The molecule has 0 bridgehead atoms. The standard InChI is InChI=1S/C20H11Cl2N5O/c21-13-7-4-8-15(17(13)22)26-10-9-14-16(19(26)28)18(12-5-2-1-3-6-12)27-20(25-14)23-11-24-27/h1-11H. The molecule has 3 heterocycles. The minimum atomic E-state index is -0.273. The van der Waals surface area contributed by atoms with Crippen LogP contribution in [0.25, 0.3) is 33.6 Å². The maximum atomic E-state index is 13.5. The molecule has 28 heavy (non-hydrogen) atoms. The first-order chi connectivity index (χ1) is 13.6. The molecule has 0 atom stereocenters. The smallest absolute Gasteiger partial charge is 0.266 e. The number of fused-ring (bicyclic) bond motifs is 2. The van der Waals surface area contributed by atoms with E-state index in [1.54, 1.807) is 35.0 Å². The first-order valence-electron chi connectivity index (χ1n) is 8.40. The molecule has 0 N–H and O–H groups in total. The highest BCUT2D eigenvalue weighted by Crippen LogP contribution is 2.29. The largest absolute Gasteiger partial charge is 0.282 e. The Balaban J connectivity index is 1.94. The molecule has 136 valence electrons. The predicted octanol–water partition coefficient (Wildman–Crippen LogP) is 4.40. The summed E-state index contributed by atoms with van der Waals surface area (Å²) in [6.07, 6.45) is 3.05. The Bertz CT molecular complexity index is 1410. The molecule has 0 aliphatic heterocycles. The lowest BCUT2D eigenvalue weighted by atomic mass is 10.1. The van der Waals surface area contributed by atoms with Crippen molar-refractivity contribution in [3.63, 3.8) is 0 Å². The van der Waals surface area contributed by atoms with Crippen LogP contribution in [-0.4, -0.2) is 24.1 Å². The maximum Gasteiger partial charge on any atom is 0.266 e. The molecule has 8 heteroatoms. The third kappa shape index (κ3) is 2.50. The van der Waals surface area contributed by atoms with Crippen LogP contribution in [0.5, 0.6) is 0 Å². The second-order valence-electron chi connectivity index (χ2n) is 6.12. The van der Waals surface area contributed by atoms with Crippen molar-refractivity contribution in [1.29, 1.82) is 0 Å². The van der Waals surface area contributed by atoms with Crippen LogP contribution < -0.4 is 5.56 Å². The van der Waals surface area contributed by atoms with Crippen molar-refractivity contribution in [2.24, 2.45) is 0 Å². The first kappa shape index (κ1) is 16.9.